The summed E-state index contributed by atoms with van der Waals surface area (Å²) >= 11 is 0. The Labute approximate surface area is 216 Å². The number of esters is 1. The van der Waals surface area contributed by atoms with Gasteiger partial charge in [-0.1, -0.05) is 36.4 Å². The van der Waals surface area contributed by atoms with E-state index in [4.69, 9.17) is 4.74 Å². The Hall–Kier alpha value is -3.98. The molecule has 0 aliphatic heterocycles. The van der Waals surface area contributed by atoms with Crippen LogP contribution in [0.4, 0.5) is 5.95 Å². The first-order valence-corrected chi connectivity index (χ1v) is 13.6. The van der Waals surface area contributed by atoms with Crippen LogP contribution in [-0.2, 0) is 34.1 Å². The first kappa shape index (κ1) is 24.7. The number of aromatic nitrogens is 3. The highest BCUT2D eigenvalue weighted by atomic mass is 32.2. The van der Waals surface area contributed by atoms with Crippen LogP contribution in [0.1, 0.15) is 45.2 Å². The molecule has 8 nitrogen and oxygen atoms in total. The number of nitrogens with one attached hydrogen (secondary N) is 1. The summed E-state index contributed by atoms with van der Waals surface area (Å²) in [6, 6.07) is 16.2. The number of rotatable bonds is 7. The molecule has 1 aliphatic rings. The highest BCUT2D eigenvalue weighted by molar-refractivity contribution is 7.92. The van der Waals surface area contributed by atoms with E-state index in [-0.39, 0.29) is 17.5 Å². The average Bonchev–Trinajstić information content (AvgIpc) is 3.25. The molecule has 4 aromatic rings. The molecular weight excluding hydrogens is 488 g/mol. The summed E-state index contributed by atoms with van der Waals surface area (Å²) in [5.74, 6) is -0.423. The smallest absolute Gasteiger partial charge is 0.354 e. The molecule has 0 spiro atoms. The average molecular weight is 517 g/mol. The molecule has 5 rings (SSSR count). The highest BCUT2D eigenvalue weighted by Crippen LogP contribution is 2.36. The lowest BCUT2D eigenvalue weighted by atomic mass is 9.95. The third kappa shape index (κ3) is 4.86. The molecule has 1 N–H and O–H groups in total. The van der Waals surface area contributed by atoms with E-state index in [1.54, 1.807) is 31.3 Å². The van der Waals surface area contributed by atoms with Crippen LogP contribution in [0.5, 0.6) is 0 Å². The van der Waals surface area contributed by atoms with Crippen LogP contribution in [0.2, 0.25) is 0 Å². The van der Waals surface area contributed by atoms with Crippen LogP contribution >= 0.6 is 0 Å². The maximum absolute atomic E-state index is 13.0. The molecule has 0 radical (unpaired) electrons. The molecule has 0 saturated carbocycles. The summed E-state index contributed by atoms with van der Waals surface area (Å²) in [5.41, 5.74) is 7.10. The van der Waals surface area contributed by atoms with Crippen molar-refractivity contribution in [2.75, 3.05) is 11.3 Å². The number of ether oxygens (including phenoxy) is 1. The van der Waals surface area contributed by atoms with Crippen LogP contribution in [0.25, 0.3) is 11.4 Å². The molecule has 0 bridgehead atoms. The molecular formula is C28H28N4O4S. The molecule has 0 atom stereocenters. The zero-order valence-corrected chi connectivity index (χ0v) is 21.8. The van der Waals surface area contributed by atoms with Crippen molar-refractivity contribution in [1.82, 2.24) is 14.5 Å². The van der Waals surface area contributed by atoms with Gasteiger partial charge in [-0.25, -0.2) is 27.9 Å². The molecule has 37 heavy (non-hydrogen) atoms. The van der Waals surface area contributed by atoms with Crippen molar-refractivity contribution in [3.8, 4) is 11.4 Å². The van der Waals surface area contributed by atoms with E-state index in [9.17, 15) is 13.2 Å². The Morgan fingerprint density at radius 1 is 1.03 bits per heavy atom. The molecule has 2 heterocycles. The number of hydrogen-bond donors (Lipinski definition) is 1. The Bertz CT molecular complexity index is 1590. The van der Waals surface area contributed by atoms with Gasteiger partial charge in [0.25, 0.3) is 10.0 Å². The number of sulfonamides is 1. The van der Waals surface area contributed by atoms with Gasteiger partial charge < -0.3 is 9.30 Å². The van der Waals surface area contributed by atoms with E-state index >= 15 is 0 Å². The van der Waals surface area contributed by atoms with Crippen LogP contribution in [-0.4, -0.2) is 35.5 Å². The van der Waals surface area contributed by atoms with E-state index in [1.807, 2.05) is 16.7 Å². The molecule has 0 unspecified atom stereocenters. The van der Waals surface area contributed by atoms with E-state index in [1.165, 1.54) is 17.7 Å². The Balaban J connectivity index is 1.60. The minimum absolute atomic E-state index is 0.0212. The van der Waals surface area contributed by atoms with Crippen LogP contribution < -0.4 is 4.72 Å². The van der Waals surface area contributed by atoms with Gasteiger partial charge in [0.1, 0.15) is 5.69 Å². The fourth-order valence-electron chi connectivity index (χ4n) is 4.59. The Morgan fingerprint density at radius 3 is 2.51 bits per heavy atom. The highest BCUT2D eigenvalue weighted by Gasteiger charge is 2.28. The fraction of sp³-hybridized carbons (Fsp3) is 0.250. The topological polar surface area (TPSA) is 103 Å². The second-order valence-corrected chi connectivity index (χ2v) is 10.8. The number of carbonyl (C=O) groups is 1. The second kappa shape index (κ2) is 9.82. The lowest BCUT2D eigenvalue weighted by Gasteiger charge is -2.20. The molecule has 1 aliphatic carbocycles. The standard InChI is InChI=1S/C28H28N4O4S/c1-4-36-27(33)24-15-21-12-13-22-16-29-28(31-37(34,35)23-8-6-5-7-9-23)30-25(22)26(21)32(24)17-20-11-10-18(2)19(3)14-20/h5-11,14-16H,4,12-13,17H2,1-3H3,(H,29,30,31). The number of benzene rings is 2. The van der Waals surface area contributed by atoms with E-state index in [0.29, 0.717) is 30.8 Å². The Kier molecular flexibility index (Phi) is 6.55. The predicted molar refractivity (Wildman–Crippen MR) is 141 cm³/mol. The molecule has 0 amide bonds. The van der Waals surface area contributed by atoms with E-state index < -0.39 is 16.0 Å². The lowest BCUT2D eigenvalue weighted by molar-refractivity contribution is 0.0514. The maximum Gasteiger partial charge on any atom is 0.354 e. The molecule has 0 fully saturated rings. The van der Waals surface area contributed by atoms with Crippen molar-refractivity contribution in [1.29, 1.82) is 0 Å². The van der Waals surface area contributed by atoms with Gasteiger partial charge in [-0.05, 0) is 79.6 Å². The minimum Gasteiger partial charge on any atom is -0.461 e. The van der Waals surface area contributed by atoms with Crippen molar-refractivity contribution < 1.29 is 17.9 Å². The van der Waals surface area contributed by atoms with Gasteiger partial charge in [0.2, 0.25) is 5.95 Å². The van der Waals surface area contributed by atoms with Crippen molar-refractivity contribution in [2.24, 2.45) is 0 Å². The molecule has 9 heteroatoms. The number of nitrogens with zero attached hydrogens (tertiary/aromatic N) is 3. The maximum atomic E-state index is 13.0. The third-order valence-electron chi connectivity index (χ3n) is 6.60. The number of hydrogen-bond acceptors (Lipinski definition) is 6. The summed E-state index contributed by atoms with van der Waals surface area (Å²) in [6.45, 7) is 6.61. The second-order valence-electron chi connectivity index (χ2n) is 9.11. The monoisotopic (exact) mass is 516 g/mol. The number of anilines is 1. The van der Waals surface area contributed by atoms with E-state index in [2.05, 4.69) is 40.7 Å². The van der Waals surface area contributed by atoms with Gasteiger partial charge in [-0.15, -0.1) is 0 Å². The summed E-state index contributed by atoms with van der Waals surface area (Å²) in [5, 5.41) is 0. The normalized spacial score (nSPS) is 12.5. The van der Waals surface area contributed by atoms with Crippen molar-refractivity contribution in [3.63, 3.8) is 0 Å². The number of aryl methyl sites for hydroxylation is 4. The zero-order valence-electron chi connectivity index (χ0n) is 21.0. The molecule has 0 saturated heterocycles. The van der Waals surface area contributed by atoms with Gasteiger partial charge in [-0.3, -0.25) is 0 Å². The third-order valence-corrected chi connectivity index (χ3v) is 7.95. The molecule has 190 valence electrons. The minimum atomic E-state index is -3.86. The van der Waals surface area contributed by atoms with Crippen molar-refractivity contribution >= 4 is 21.9 Å². The van der Waals surface area contributed by atoms with Crippen molar-refractivity contribution in [2.45, 2.75) is 45.1 Å². The van der Waals surface area contributed by atoms with Crippen molar-refractivity contribution in [3.05, 3.63) is 94.3 Å². The molecule has 2 aromatic carbocycles. The Morgan fingerprint density at radius 2 is 1.78 bits per heavy atom. The summed E-state index contributed by atoms with van der Waals surface area (Å²) in [6.07, 6.45) is 3.06. The quantitative estimate of drug-likeness (QED) is 0.358. The zero-order chi connectivity index (χ0) is 26.2. The van der Waals surface area contributed by atoms with E-state index in [0.717, 1.165) is 27.9 Å². The summed E-state index contributed by atoms with van der Waals surface area (Å²) in [7, 11) is -3.86. The van der Waals surface area contributed by atoms with Gasteiger partial charge in [0.05, 0.1) is 22.9 Å². The lowest BCUT2D eigenvalue weighted by Crippen LogP contribution is -2.18. The van der Waals surface area contributed by atoms with Crippen LogP contribution in [0.3, 0.4) is 0 Å². The molecule has 2 aromatic heterocycles. The number of fused-ring (bicyclic) bond motifs is 3. The SMILES string of the molecule is CCOC(=O)c1cc2c(n1Cc1ccc(C)c(C)c1)-c1nc(NS(=O)(=O)c3ccccc3)ncc1CC2. The van der Waals surface area contributed by atoms with Crippen LogP contribution in [0.15, 0.2) is 65.7 Å². The first-order valence-electron chi connectivity index (χ1n) is 12.2. The predicted octanol–water partition coefficient (Wildman–Crippen LogP) is 4.69. The summed E-state index contributed by atoms with van der Waals surface area (Å²) < 4.78 is 35.6. The van der Waals surface area contributed by atoms with Gasteiger partial charge >= 0.3 is 5.97 Å². The fourth-order valence-corrected chi connectivity index (χ4v) is 5.56. The van der Waals surface area contributed by atoms with Gasteiger partial charge in [-0.2, -0.15) is 0 Å². The summed E-state index contributed by atoms with van der Waals surface area (Å²) in [4.78, 5) is 22.0. The van der Waals surface area contributed by atoms with Gasteiger partial charge in [0, 0.05) is 12.7 Å². The first-order chi connectivity index (χ1) is 17.8. The number of carbonyl (C=O) groups excluding carboxylic acids is 1. The largest absolute Gasteiger partial charge is 0.461 e. The van der Waals surface area contributed by atoms with Gasteiger partial charge in [0.15, 0.2) is 0 Å². The van der Waals surface area contributed by atoms with Crippen LogP contribution in [0, 0.1) is 13.8 Å².